The number of hydrogen-bond acceptors (Lipinski definition) is 6. The molecule has 4 aromatic rings. The van der Waals surface area contributed by atoms with Crippen LogP contribution in [-0.4, -0.2) is 49.5 Å². The van der Waals surface area contributed by atoms with Crippen LogP contribution in [-0.2, 0) is 10.0 Å². The fraction of sp³-hybridized carbons (Fsp3) is 0.312. The summed E-state index contributed by atoms with van der Waals surface area (Å²) in [5, 5.41) is 4.06. The Balaban J connectivity index is 1.62. The molecule has 2 aromatic heterocycles. The molecule has 2 unspecified atom stereocenters. The number of ether oxygens (including phenoxy) is 1. The van der Waals surface area contributed by atoms with E-state index in [4.69, 9.17) is 17.0 Å². The van der Waals surface area contributed by atoms with Gasteiger partial charge >= 0.3 is 0 Å². The van der Waals surface area contributed by atoms with Crippen molar-refractivity contribution in [2.75, 3.05) is 41.0 Å². The SMILES string of the molecule is CCN(CC)c1ccc(-n2c(C)cc(C3C(c4ccccn4)NC(=S)N3c3ccc(NS(C)(=O)=O)c(OC)c3)c2C)cc1. The van der Waals surface area contributed by atoms with E-state index in [0.717, 1.165) is 53.4 Å². The molecule has 5 rings (SSSR count). The molecule has 9 nitrogen and oxygen atoms in total. The Kier molecular flexibility index (Phi) is 8.66. The third-order valence-electron chi connectivity index (χ3n) is 7.88. The lowest BCUT2D eigenvalue weighted by Gasteiger charge is -2.29. The number of methoxy groups -OCH3 is 1. The molecule has 0 saturated carbocycles. The smallest absolute Gasteiger partial charge is 0.229 e. The molecule has 2 aromatic carbocycles. The molecule has 1 aliphatic rings. The second kappa shape index (κ2) is 12.3. The lowest BCUT2D eigenvalue weighted by Crippen LogP contribution is -2.29. The summed E-state index contributed by atoms with van der Waals surface area (Å²) in [5.41, 5.74) is 7.58. The summed E-state index contributed by atoms with van der Waals surface area (Å²) in [5.74, 6) is 0.393. The van der Waals surface area contributed by atoms with Crippen LogP contribution in [0.1, 0.15) is 48.6 Å². The van der Waals surface area contributed by atoms with E-state index in [1.54, 1.807) is 18.3 Å². The molecule has 0 amide bonds. The summed E-state index contributed by atoms with van der Waals surface area (Å²) in [6.07, 6.45) is 2.90. The fourth-order valence-electron chi connectivity index (χ4n) is 5.95. The Morgan fingerprint density at radius 3 is 2.33 bits per heavy atom. The molecule has 2 N–H and O–H groups in total. The zero-order valence-corrected chi connectivity index (χ0v) is 27.0. The minimum atomic E-state index is -3.49. The van der Waals surface area contributed by atoms with Gasteiger partial charge in [-0.25, -0.2) is 8.42 Å². The lowest BCUT2D eigenvalue weighted by molar-refractivity contribution is 0.417. The molecule has 1 saturated heterocycles. The molecule has 43 heavy (non-hydrogen) atoms. The average Bonchev–Trinajstić information content (AvgIpc) is 3.48. The monoisotopic (exact) mass is 618 g/mol. The molecular weight excluding hydrogens is 581 g/mol. The summed E-state index contributed by atoms with van der Waals surface area (Å²) in [6.45, 7) is 10.5. The van der Waals surface area contributed by atoms with Gasteiger partial charge in [-0.1, -0.05) is 6.07 Å². The van der Waals surface area contributed by atoms with Gasteiger partial charge in [0.1, 0.15) is 5.75 Å². The number of nitrogens with one attached hydrogen (secondary N) is 2. The number of aryl methyl sites for hydroxylation is 1. The van der Waals surface area contributed by atoms with E-state index in [0.29, 0.717) is 16.5 Å². The van der Waals surface area contributed by atoms with E-state index in [9.17, 15) is 8.42 Å². The molecule has 2 atom stereocenters. The first-order chi connectivity index (χ1) is 20.6. The normalized spacial score (nSPS) is 16.7. The van der Waals surface area contributed by atoms with Gasteiger partial charge < -0.3 is 24.4 Å². The summed E-state index contributed by atoms with van der Waals surface area (Å²) >= 11 is 5.94. The van der Waals surface area contributed by atoms with Gasteiger partial charge in [-0.15, -0.1) is 0 Å². The minimum absolute atomic E-state index is 0.229. The highest BCUT2D eigenvalue weighted by atomic mass is 32.2. The van der Waals surface area contributed by atoms with Gasteiger partial charge in [0.15, 0.2) is 5.11 Å². The van der Waals surface area contributed by atoms with Gasteiger partial charge in [0, 0.05) is 53.8 Å². The Labute approximate surface area is 259 Å². The van der Waals surface area contributed by atoms with Gasteiger partial charge in [-0.05, 0) is 100 Å². The van der Waals surface area contributed by atoms with Crippen molar-refractivity contribution in [3.05, 3.63) is 95.6 Å². The quantitative estimate of drug-likeness (QED) is 0.213. The number of hydrogen-bond donors (Lipinski definition) is 2. The zero-order chi connectivity index (χ0) is 30.9. The highest BCUT2D eigenvalue weighted by Crippen LogP contribution is 2.45. The lowest BCUT2D eigenvalue weighted by atomic mass is 9.96. The number of anilines is 3. The molecule has 11 heteroatoms. The largest absolute Gasteiger partial charge is 0.494 e. The molecular formula is C32H38N6O3S2. The number of nitrogens with zero attached hydrogens (tertiary/aromatic N) is 4. The first-order valence-corrected chi connectivity index (χ1v) is 16.6. The highest BCUT2D eigenvalue weighted by Gasteiger charge is 2.42. The highest BCUT2D eigenvalue weighted by molar-refractivity contribution is 7.92. The van der Waals surface area contributed by atoms with Crippen molar-refractivity contribution in [2.24, 2.45) is 0 Å². The van der Waals surface area contributed by atoms with Crippen molar-refractivity contribution in [3.8, 4) is 11.4 Å². The number of pyridine rings is 1. The second-order valence-electron chi connectivity index (χ2n) is 10.6. The summed E-state index contributed by atoms with van der Waals surface area (Å²) < 4.78 is 34.3. The number of aromatic nitrogens is 2. The summed E-state index contributed by atoms with van der Waals surface area (Å²) in [4.78, 5) is 9.08. The standard InChI is InChI=1S/C32H38N6O3S2/c1-7-36(8-2)23-12-14-24(15-13-23)37-21(3)19-26(22(37)4)31-30(28-11-9-10-18-33-28)34-32(42)38(31)25-16-17-27(29(20-25)41-5)35-43(6,39)40/h9-20,30-31,35H,7-8H2,1-6H3,(H,34,42). The van der Waals surface area contributed by atoms with Crippen LogP contribution >= 0.6 is 12.2 Å². The third-order valence-corrected chi connectivity index (χ3v) is 8.79. The molecule has 3 heterocycles. The Morgan fingerprint density at radius 2 is 1.72 bits per heavy atom. The molecule has 226 valence electrons. The maximum Gasteiger partial charge on any atom is 0.229 e. The van der Waals surface area contributed by atoms with Gasteiger partial charge in [-0.3, -0.25) is 9.71 Å². The molecule has 0 aliphatic carbocycles. The molecule has 0 radical (unpaired) electrons. The van der Waals surface area contributed by atoms with Crippen LogP contribution in [0, 0.1) is 13.8 Å². The van der Waals surface area contributed by atoms with E-state index < -0.39 is 10.0 Å². The van der Waals surface area contributed by atoms with Gasteiger partial charge in [0.2, 0.25) is 10.0 Å². The van der Waals surface area contributed by atoms with Crippen LogP contribution in [0.4, 0.5) is 17.1 Å². The van der Waals surface area contributed by atoms with Crippen molar-refractivity contribution < 1.29 is 13.2 Å². The summed E-state index contributed by atoms with van der Waals surface area (Å²) in [6, 6.07) is 21.7. The van der Waals surface area contributed by atoms with Gasteiger partial charge in [0.05, 0.1) is 36.8 Å². The maximum absolute atomic E-state index is 12.0. The molecule has 1 fully saturated rings. The van der Waals surface area contributed by atoms with Crippen LogP contribution in [0.3, 0.4) is 0 Å². The van der Waals surface area contributed by atoms with Crippen molar-refractivity contribution >= 4 is 44.4 Å². The first-order valence-electron chi connectivity index (χ1n) is 14.3. The molecule has 1 aliphatic heterocycles. The number of sulfonamides is 1. The average molecular weight is 619 g/mol. The zero-order valence-electron chi connectivity index (χ0n) is 25.3. The van der Waals surface area contributed by atoms with E-state index in [-0.39, 0.29) is 12.1 Å². The third kappa shape index (κ3) is 6.05. The van der Waals surface area contributed by atoms with Crippen molar-refractivity contribution in [1.29, 1.82) is 0 Å². The maximum atomic E-state index is 12.0. The Bertz CT molecular complexity index is 1720. The number of rotatable bonds is 10. The Morgan fingerprint density at radius 1 is 1.02 bits per heavy atom. The van der Waals surface area contributed by atoms with Crippen LogP contribution in [0.15, 0.2) is 72.9 Å². The fourth-order valence-corrected chi connectivity index (χ4v) is 6.86. The summed E-state index contributed by atoms with van der Waals surface area (Å²) in [7, 11) is -1.98. The molecule has 0 spiro atoms. The molecule has 0 bridgehead atoms. The van der Waals surface area contributed by atoms with Crippen LogP contribution < -0.4 is 24.6 Å². The van der Waals surface area contributed by atoms with Crippen LogP contribution in [0.2, 0.25) is 0 Å². The number of thiocarbonyl (C=S) groups is 1. The van der Waals surface area contributed by atoms with E-state index in [1.165, 1.54) is 12.8 Å². The van der Waals surface area contributed by atoms with E-state index >= 15 is 0 Å². The van der Waals surface area contributed by atoms with Crippen molar-refractivity contribution in [2.45, 2.75) is 39.8 Å². The topological polar surface area (TPSA) is 91.7 Å². The van der Waals surface area contributed by atoms with Crippen molar-refractivity contribution in [1.82, 2.24) is 14.9 Å². The second-order valence-corrected chi connectivity index (χ2v) is 12.7. The Hall–Kier alpha value is -4.09. The number of benzene rings is 2. The predicted octanol–water partition coefficient (Wildman–Crippen LogP) is 5.89. The van der Waals surface area contributed by atoms with Crippen LogP contribution in [0.25, 0.3) is 5.69 Å². The minimum Gasteiger partial charge on any atom is -0.494 e. The van der Waals surface area contributed by atoms with Gasteiger partial charge in [-0.2, -0.15) is 0 Å². The first kappa shape index (κ1) is 30.4. The van der Waals surface area contributed by atoms with Gasteiger partial charge in [0.25, 0.3) is 0 Å². The predicted molar refractivity (Wildman–Crippen MR) is 178 cm³/mol. The van der Waals surface area contributed by atoms with E-state index in [1.807, 2.05) is 24.3 Å². The van der Waals surface area contributed by atoms with E-state index in [2.05, 4.69) is 87.4 Å². The van der Waals surface area contributed by atoms with Crippen molar-refractivity contribution in [3.63, 3.8) is 0 Å². The van der Waals surface area contributed by atoms with Crippen LogP contribution in [0.5, 0.6) is 5.75 Å².